The first kappa shape index (κ1) is 12.8. The molecule has 0 aromatic rings. The molecule has 2 saturated carbocycles. The van der Waals surface area contributed by atoms with Crippen LogP contribution in [0.25, 0.3) is 0 Å². The van der Waals surface area contributed by atoms with Crippen molar-refractivity contribution in [3.05, 3.63) is 0 Å². The molecule has 17 heavy (non-hydrogen) atoms. The Labute approximate surface area is 103 Å². The lowest BCUT2D eigenvalue weighted by molar-refractivity contribution is -0.129. The maximum Gasteiger partial charge on any atom is 0.228 e. The Hall–Kier alpha value is -0.610. The van der Waals surface area contributed by atoms with Gasteiger partial charge in [-0.25, -0.2) is 0 Å². The summed E-state index contributed by atoms with van der Waals surface area (Å²) in [6.45, 7) is 2.66. The molecule has 0 aliphatic heterocycles. The Balaban J connectivity index is 2.01. The van der Waals surface area contributed by atoms with E-state index in [1.165, 1.54) is 6.42 Å². The predicted octanol–water partition coefficient (Wildman–Crippen LogP) is 0.783. The van der Waals surface area contributed by atoms with Crippen molar-refractivity contribution < 1.29 is 9.90 Å². The molecule has 2 aliphatic rings. The van der Waals surface area contributed by atoms with Gasteiger partial charge in [-0.3, -0.25) is 4.79 Å². The van der Waals surface area contributed by atoms with Gasteiger partial charge >= 0.3 is 0 Å². The molecule has 0 spiro atoms. The topological polar surface area (TPSA) is 75.3 Å². The van der Waals surface area contributed by atoms with Gasteiger partial charge in [0.05, 0.1) is 17.6 Å². The van der Waals surface area contributed by atoms with E-state index in [1.807, 2.05) is 0 Å². The highest BCUT2D eigenvalue weighted by Gasteiger charge is 2.50. The first-order chi connectivity index (χ1) is 8.06. The van der Waals surface area contributed by atoms with Crippen molar-refractivity contribution in [1.29, 1.82) is 0 Å². The number of hydrogen-bond donors (Lipinski definition) is 3. The Bertz CT molecular complexity index is 302. The van der Waals surface area contributed by atoms with E-state index in [9.17, 15) is 9.90 Å². The number of carbonyl (C=O) groups is 1. The summed E-state index contributed by atoms with van der Waals surface area (Å²) in [5.74, 6) is 0.632. The largest absolute Gasteiger partial charge is 0.394 e. The lowest BCUT2D eigenvalue weighted by Crippen LogP contribution is -2.56. The highest BCUT2D eigenvalue weighted by Crippen LogP contribution is 2.45. The van der Waals surface area contributed by atoms with E-state index in [1.54, 1.807) is 0 Å². The molecule has 2 rings (SSSR count). The Morgan fingerprint density at radius 2 is 2.18 bits per heavy atom. The molecular formula is C13H24N2O2. The van der Waals surface area contributed by atoms with Crippen LogP contribution in [0.2, 0.25) is 0 Å². The summed E-state index contributed by atoms with van der Waals surface area (Å²) in [6, 6.07) is 0. The maximum atomic E-state index is 12.2. The number of carbonyl (C=O) groups excluding carboxylic acids is 1. The average molecular weight is 240 g/mol. The molecule has 4 N–H and O–H groups in total. The molecule has 98 valence electrons. The smallest absolute Gasteiger partial charge is 0.228 e. The summed E-state index contributed by atoms with van der Waals surface area (Å²) < 4.78 is 0. The third kappa shape index (κ3) is 2.47. The van der Waals surface area contributed by atoms with Crippen LogP contribution in [-0.2, 0) is 4.79 Å². The second kappa shape index (κ2) is 4.58. The van der Waals surface area contributed by atoms with Crippen LogP contribution in [0.15, 0.2) is 0 Å². The Kier molecular flexibility index (Phi) is 3.46. The number of nitrogens with one attached hydrogen (secondary N) is 1. The number of hydrogen-bond acceptors (Lipinski definition) is 3. The SMILES string of the molecule is CC1CCCC(CO)(NC(=O)C2(CN)CC2)C1. The predicted molar refractivity (Wildman–Crippen MR) is 66.3 cm³/mol. The van der Waals surface area contributed by atoms with Gasteiger partial charge in [0.1, 0.15) is 0 Å². The highest BCUT2D eigenvalue weighted by atomic mass is 16.3. The molecule has 0 aromatic heterocycles. The van der Waals surface area contributed by atoms with Crippen LogP contribution in [0.1, 0.15) is 45.4 Å². The fourth-order valence-corrected chi connectivity index (χ4v) is 3.00. The molecule has 1 amide bonds. The van der Waals surface area contributed by atoms with Gasteiger partial charge in [-0.15, -0.1) is 0 Å². The fourth-order valence-electron chi connectivity index (χ4n) is 3.00. The van der Waals surface area contributed by atoms with Crippen LogP contribution < -0.4 is 11.1 Å². The normalized spacial score (nSPS) is 35.4. The zero-order chi connectivity index (χ0) is 12.5. The molecular weight excluding hydrogens is 216 g/mol. The van der Waals surface area contributed by atoms with Crippen molar-refractivity contribution in [2.45, 2.75) is 51.0 Å². The lowest BCUT2D eigenvalue weighted by Gasteiger charge is -2.40. The van der Waals surface area contributed by atoms with Crippen molar-refractivity contribution in [2.75, 3.05) is 13.2 Å². The average Bonchev–Trinajstić information content (AvgIpc) is 3.10. The minimum Gasteiger partial charge on any atom is -0.394 e. The van der Waals surface area contributed by atoms with Crippen molar-refractivity contribution in [2.24, 2.45) is 17.1 Å². The van der Waals surface area contributed by atoms with Crippen LogP contribution in [0.3, 0.4) is 0 Å². The quantitative estimate of drug-likeness (QED) is 0.680. The van der Waals surface area contributed by atoms with Crippen LogP contribution in [0, 0.1) is 11.3 Å². The van der Waals surface area contributed by atoms with Gasteiger partial charge in [0.25, 0.3) is 0 Å². The standard InChI is InChI=1S/C13H24N2O2/c1-10-3-2-4-13(7-10,9-16)15-11(17)12(8-14)5-6-12/h10,16H,2-9,14H2,1H3,(H,15,17). The molecule has 0 saturated heterocycles. The van der Waals surface area contributed by atoms with Crippen molar-refractivity contribution >= 4 is 5.91 Å². The number of aliphatic hydroxyl groups excluding tert-OH is 1. The van der Waals surface area contributed by atoms with Gasteiger partial charge in [-0.05, 0) is 31.6 Å². The van der Waals surface area contributed by atoms with E-state index in [2.05, 4.69) is 12.2 Å². The third-order valence-electron chi connectivity index (χ3n) is 4.50. The second-order valence-corrected chi connectivity index (χ2v) is 6.08. The van der Waals surface area contributed by atoms with E-state index >= 15 is 0 Å². The molecule has 0 aromatic carbocycles. The van der Waals surface area contributed by atoms with E-state index in [-0.39, 0.29) is 23.5 Å². The zero-order valence-electron chi connectivity index (χ0n) is 10.7. The lowest BCUT2D eigenvalue weighted by atomic mass is 9.76. The minimum atomic E-state index is -0.389. The van der Waals surface area contributed by atoms with Crippen molar-refractivity contribution in [3.8, 4) is 0 Å². The van der Waals surface area contributed by atoms with Crippen molar-refractivity contribution in [1.82, 2.24) is 5.32 Å². The fraction of sp³-hybridized carbons (Fsp3) is 0.923. The van der Waals surface area contributed by atoms with E-state index in [0.717, 1.165) is 32.1 Å². The van der Waals surface area contributed by atoms with E-state index in [0.29, 0.717) is 12.5 Å². The molecule has 0 bridgehead atoms. The monoisotopic (exact) mass is 240 g/mol. The molecule has 4 nitrogen and oxygen atoms in total. The van der Waals surface area contributed by atoms with E-state index in [4.69, 9.17) is 5.73 Å². The molecule has 2 aliphatic carbocycles. The first-order valence-electron chi connectivity index (χ1n) is 6.69. The molecule has 0 radical (unpaired) electrons. The Morgan fingerprint density at radius 3 is 2.65 bits per heavy atom. The third-order valence-corrected chi connectivity index (χ3v) is 4.50. The summed E-state index contributed by atoms with van der Waals surface area (Å²) >= 11 is 0. The second-order valence-electron chi connectivity index (χ2n) is 6.08. The van der Waals surface area contributed by atoms with Gasteiger partial charge in [0, 0.05) is 6.54 Å². The summed E-state index contributed by atoms with van der Waals surface area (Å²) in [4.78, 5) is 12.2. The van der Waals surface area contributed by atoms with Gasteiger partial charge in [0.2, 0.25) is 5.91 Å². The van der Waals surface area contributed by atoms with Crippen molar-refractivity contribution in [3.63, 3.8) is 0 Å². The van der Waals surface area contributed by atoms with Crippen LogP contribution in [0.4, 0.5) is 0 Å². The molecule has 0 heterocycles. The molecule has 2 fully saturated rings. The summed E-state index contributed by atoms with van der Waals surface area (Å²) in [7, 11) is 0. The molecule has 4 heteroatoms. The number of aliphatic hydroxyl groups is 1. The van der Waals surface area contributed by atoms with E-state index < -0.39 is 0 Å². The first-order valence-corrected chi connectivity index (χ1v) is 6.69. The highest BCUT2D eigenvalue weighted by molar-refractivity contribution is 5.86. The van der Waals surface area contributed by atoms with Crippen LogP contribution in [-0.4, -0.2) is 29.7 Å². The van der Waals surface area contributed by atoms with Gasteiger partial charge < -0.3 is 16.2 Å². The van der Waals surface area contributed by atoms with Crippen LogP contribution >= 0.6 is 0 Å². The summed E-state index contributed by atoms with van der Waals surface area (Å²) in [5, 5.41) is 12.7. The summed E-state index contributed by atoms with van der Waals surface area (Å²) in [6.07, 6.45) is 5.84. The maximum absolute atomic E-state index is 12.2. The summed E-state index contributed by atoms with van der Waals surface area (Å²) in [5.41, 5.74) is 4.96. The number of amides is 1. The van der Waals surface area contributed by atoms with Crippen LogP contribution in [0.5, 0.6) is 0 Å². The van der Waals surface area contributed by atoms with Gasteiger partial charge in [-0.1, -0.05) is 19.8 Å². The number of nitrogens with two attached hydrogens (primary N) is 1. The Morgan fingerprint density at radius 1 is 1.47 bits per heavy atom. The molecule has 2 atom stereocenters. The van der Waals surface area contributed by atoms with Gasteiger partial charge in [-0.2, -0.15) is 0 Å². The van der Waals surface area contributed by atoms with Gasteiger partial charge in [0.15, 0.2) is 0 Å². The zero-order valence-corrected chi connectivity index (χ0v) is 10.7. The molecule has 2 unspecified atom stereocenters. The number of rotatable bonds is 4. The minimum absolute atomic E-state index is 0.0454.